The summed E-state index contributed by atoms with van der Waals surface area (Å²) in [6.45, 7) is 4.49. The summed E-state index contributed by atoms with van der Waals surface area (Å²) in [4.78, 5) is 0. The van der Waals surface area contributed by atoms with Gasteiger partial charge in [-0.2, -0.15) is 0 Å². The Morgan fingerprint density at radius 3 is 2.32 bits per heavy atom. The van der Waals surface area contributed by atoms with Crippen LogP contribution in [0.5, 0.6) is 0 Å². The molecule has 0 heterocycles. The molecule has 1 aliphatic carbocycles. The summed E-state index contributed by atoms with van der Waals surface area (Å²) in [5, 5.41) is 0. The molecule has 0 unspecified atom stereocenters. The van der Waals surface area contributed by atoms with Crippen LogP contribution in [0.15, 0.2) is 36.4 Å². The Labute approximate surface area is 155 Å². The molecule has 0 heteroatoms. The largest absolute Gasteiger partial charge is 0.0951 e. The Kier molecular flexibility index (Phi) is 9.01. The maximum absolute atomic E-state index is 3.41. The van der Waals surface area contributed by atoms with Crippen molar-refractivity contribution in [2.24, 2.45) is 11.8 Å². The van der Waals surface area contributed by atoms with Gasteiger partial charge in [-0.1, -0.05) is 75.3 Å². The molecule has 1 fully saturated rings. The first-order chi connectivity index (χ1) is 12.3. The summed E-state index contributed by atoms with van der Waals surface area (Å²) in [6.07, 6.45) is 15.6. The molecular weight excluding hydrogens is 300 g/mol. The summed E-state index contributed by atoms with van der Waals surface area (Å²) < 4.78 is 0. The monoisotopic (exact) mass is 332 g/mol. The fourth-order valence-electron chi connectivity index (χ4n) is 3.51. The molecule has 1 saturated carbocycles. The molecular formula is C25H32. The Balaban J connectivity index is 1.73. The molecule has 0 aromatic heterocycles. The highest BCUT2D eigenvalue weighted by Crippen LogP contribution is 2.31. The fourth-order valence-corrected chi connectivity index (χ4v) is 3.51. The van der Waals surface area contributed by atoms with Crippen LogP contribution in [0.1, 0.15) is 76.3 Å². The zero-order valence-electron chi connectivity index (χ0n) is 16.0. The number of rotatable bonds is 5. The van der Waals surface area contributed by atoms with E-state index in [9.17, 15) is 0 Å². The first-order valence-electron chi connectivity index (χ1n) is 10.1. The van der Waals surface area contributed by atoms with E-state index in [1.807, 2.05) is 12.2 Å². The molecule has 0 atom stereocenters. The summed E-state index contributed by atoms with van der Waals surface area (Å²) in [5.74, 6) is 14.4. The SMILES string of the molecule is CCCCC1CCC(C#C/C=C/C#Cc2ccc(CCC)cc2)CC1. The number of hydrogen-bond acceptors (Lipinski definition) is 0. The van der Waals surface area contributed by atoms with Gasteiger partial charge in [-0.3, -0.25) is 0 Å². The maximum atomic E-state index is 3.41. The van der Waals surface area contributed by atoms with Crippen molar-refractivity contribution in [3.05, 3.63) is 47.5 Å². The van der Waals surface area contributed by atoms with Gasteiger partial charge in [0.05, 0.1) is 0 Å². The Morgan fingerprint density at radius 1 is 0.920 bits per heavy atom. The van der Waals surface area contributed by atoms with Crippen molar-refractivity contribution in [2.75, 3.05) is 0 Å². The summed E-state index contributed by atoms with van der Waals surface area (Å²) in [6, 6.07) is 8.56. The third kappa shape index (κ3) is 7.67. The first-order valence-corrected chi connectivity index (χ1v) is 10.1. The minimum atomic E-state index is 0.599. The van der Waals surface area contributed by atoms with Gasteiger partial charge in [0.15, 0.2) is 0 Å². The van der Waals surface area contributed by atoms with Crippen LogP contribution < -0.4 is 0 Å². The van der Waals surface area contributed by atoms with Crippen LogP contribution in [-0.4, -0.2) is 0 Å². The van der Waals surface area contributed by atoms with Crippen LogP contribution in [0.3, 0.4) is 0 Å². The third-order valence-corrected chi connectivity index (χ3v) is 5.06. The van der Waals surface area contributed by atoms with E-state index in [1.54, 1.807) is 0 Å². The van der Waals surface area contributed by atoms with E-state index in [-0.39, 0.29) is 0 Å². The molecule has 0 N–H and O–H groups in total. The number of hydrogen-bond donors (Lipinski definition) is 0. The summed E-state index contributed by atoms with van der Waals surface area (Å²) >= 11 is 0. The molecule has 0 aliphatic heterocycles. The highest BCUT2D eigenvalue weighted by atomic mass is 14.2. The van der Waals surface area contributed by atoms with Crippen molar-refractivity contribution >= 4 is 0 Å². The average Bonchev–Trinajstić information content (AvgIpc) is 2.65. The van der Waals surface area contributed by atoms with Gasteiger partial charge in [0.25, 0.3) is 0 Å². The van der Waals surface area contributed by atoms with Gasteiger partial charge < -0.3 is 0 Å². The van der Waals surface area contributed by atoms with E-state index in [1.165, 1.54) is 56.9 Å². The normalized spacial score (nSPS) is 19.8. The predicted molar refractivity (Wildman–Crippen MR) is 109 cm³/mol. The van der Waals surface area contributed by atoms with Crippen LogP contribution in [0.2, 0.25) is 0 Å². The molecule has 25 heavy (non-hydrogen) atoms. The molecule has 0 saturated heterocycles. The lowest BCUT2D eigenvalue weighted by atomic mass is 9.80. The highest BCUT2D eigenvalue weighted by Gasteiger charge is 2.18. The van der Waals surface area contributed by atoms with Crippen molar-refractivity contribution < 1.29 is 0 Å². The van der Waals surface area contributed by atoms with Crippen LogP contribution >= 0.6 is 0 Å². The van der Waals surface area contributed by atoms with Crippen molar-refractivity contribution in [1.82, 2.24) is 0 Å². The smallest absolute Gasteiger partial charge is 0.0249 e. The summed E-state index contributed by atoms with van der Waals surface area (Å²) in [5.41, 5.74) is 2.46. The molecule has 1 aromatic rings. The Morgan fingerprint density at radius 2 is 1.64 bits per heavy atom. The second-order valence-corrected chi connectivity index (χ2v) is 7.20. The Hall–Kier alpha value is -1.92. The maximum Gasteiger partial charge on any atom is 0.0249 e. The van der Waals surface area contributed by atoms with E-state index >= 15 is 0 Å². The van der Waals surface area contributed by atoms with Crippen LogP contribution in [0, 0.1) is 35.5 Å². The highest BCUT2D eigenvalue weighted by molar-refractivity contribution is 5.39. The topological polar surface area (TPSA) is 0 Å². The Bertz CT molecular complexity index is 631. The predicted octanol–water partition coefficient (Wildman–Crippen LogP) is 6.55. The standard InChI is InChI=1S/C25H32/c1-3-5-11-23-18-20-25(21-19-23)13-9-7-6-8-12-24-16-14-22(10-4-2)15-17-24/h6-7,14-17,23,25H,3-5,10-11,18-21H2,1-2H3/b7-6+. The fraction of sp³-hybridized carbons (Fsp3) is 0.520. The number of allylic oxidation sites excluding steroid dienone is 2. The van der Waals surface area contributed by atoms with Crippen molar-refractivity contribution in [2.45, 2.75) is 71.6 Å². The lowest BCUT2D eigenvalue weighted by Gasteiger charge is -2.25. The molecule has 1 aliphatic rings. The van der Waals surface area contributed by atoms with Gasteiger partial charge in [0.2, 0.25) is 0 Å². The van der Waals surface area contributed by atoms with Crippen molar-refractivity contribution in [3.63, 3.8) is 0 Å². The van der Waals surface area contributed by atoms with E-state index in [0.29, 0.717) is 5.92 Å². The van der Waals surface area contributed by atoms with Crippen molar-refractivity contribution in [3.8, 4) is 23.7 Å². The lowest BCUT2D eigenvalue weighted by Crippen LogP contribution is -2.13. The van der Waals surface area contributed by atoms with E-state index in [4.69, 9.17) is 0 Å². The third-order valence-electron chi connectivity index (χ3n) is 5.06. The van der Waals surface area contributed by atoms with Crippen LogP contribution in [-0.2, 0) is 6.42 Å². The van der Waals surface area contributed by atoms with Gasteiger partial charge in [0.1, 0.15) is 0 Å². The molecule has 0 amide bonds. The van der Waals surface area contributed by atoms with Crippen molar-refractivity contribution in [1.29, 1.82) is 0 Å². The van der Waals surface area contributed by atoms with Gasteiger partial charge in [-0.15, -0.1) is 0 Å². The average molecular weight is 333 g/mol. The van der Waals surface area contributed by atoms with E-state index < -0.39 is 0 Å². The second-order valence-electron chi connectivity index (χ2n) is 7.20. The van der Waals surface area contributed by atoms with E-state index in [2.05, 4.69) is 61.8 Å². The van der Waals surface area contributed by atoms with Gasteiger partial charge >= 0.3 is 0 Å². The number of unbranched alkanes of at least 4 members (excludes halogenated alkanes) is 1. The number of benzene rings is 1. The molecule has 0 radical (unpaired) electrons. The second kappa shape index (κ2) is 11.6. The van der Waals surface area contributed by atoms with Crippen LogP contribution in [0.4, 0.5) is 0 Å². The summed E-state index contributed by atoms with van der Waals surface area (Å²) in [7, 11) is 0. The van der Waals surface area contributed by atoms with Gasteiger partial charge in [-0.05, 0) is 67.9 Å². The molecule has 2 rings (SSSR count). The molecule has 132 valence electrons. The van der Waals surface area contributed by atoms with E-state index in [0.717, 1.165) is 17.9 Å². The minimum Gasteiger partial charge on any atom is -0.0951 e. The quantitative estimate of drug-likeness (QED) is 0.536. The van der Waals surface area contributed by atoms with Crippen LogP contribution in [0.25, 0.3) is 0 Å². The lowest BCUT2D eigenvalue weighted by molar-refractivity contribution is 0.296. The van der Waals surface area contributed by atoms with Gasteiger partial charge in [0, 0.05) is 11.5 Å². The number of aryl methyl sites for hydroxylation is 1. The first kappa shape index (κ1) is 19.4. The molecule has 0 spiro atoms. The zero-order valence-corrected chi connectivity index (χ0v) is 16.0. The zero-order chi connectivity index (χ0) is 17.7. The molecule has 0 nitrogen and oxygen atoms in total. The molecule has 0 bridgehead atoms. The van der Waals surface area contributed by atoms with Gasteiger partial charge in [-0.25, -0.2) is 0 Å². The molecule has 1 aromatic carbocycles. The minimum absolute atomic E-state index is 0.599.